The van der Waals surface area contributed by atoms with E-state index in [4.69, 9.17) is 4.74 Å². The van der Waals surface area contributed by atoms with Crippen molar-refractivity contribution in [2.75, 3.05) is 25.6 Å². The van der Waals surface area contributed by atoms with Gasteiger partial charge in [0.05, 0.1) is 6.61 Å². The molecule has 0 aliphatic heterocycles. The highest BCUT2D eigenvalue weighted by molar-refractivity contribution is 6.01. The Bertz CT molecular complexity index is 1100. The van der Waals surface area contributed by atoms with Gasteiger partial charge >= 0.3 is 0 Å². The predicted molar refractivity (Wildman–Crippen MR) is 118 cm³/mol. The van der Waals surface area contributed by atoms with Gasteiger partial charge in [-0.05, 0) is 54.8 Å². The van der Waals surface area contributed by atoms with Gasteiger partial charge < -0.3 is 19.9 Å². The lowest BCUT2D eigenvalue weighted by Crippen LogP contribution is -2.29. The molecule has 4 rings (SSSR count). The van der Waals surface area contributed by atoms with Crippen molar-refractivity contribution >= 4 is 28.4 Å². The molecule has 0 radical (unpaired) electrons. The fraction of sp³-hybridized carbons (Fsp3) is 0.333. The van der Waals surface area contributed by atoms with E-state index in [0.29, 0.717) is 31.1 Å². The maximum Gasteiger partial charge on any atom is 0.268 e. The number of rotatable bonds is 8. The van der Waals surface area contributed by atoms with Crippen LogP contribution < -0.4 is 10.6 Å². The summed E-state index contributed by atoms with van der Waals surface area (Å²) in [6.07, 6.45) is 2.97. The molecule has 2 N–H and O–H groups in total. The molecule has 6 nitrogen and oxygen atoms in total. The van der Waals surface area contributed by atoms with Gasteiger partial charge in [0.2, 0.25) is 5.91 Å². The molecule has 0 saturated heterocycles. The van der Waals surface area contributed by atoms with E-state index < -0.39 is 0 Å². The number of nitrogens with one attached hydrogen (secondary N) is 2. The molecule has 7 heteroatoms. The third-order valence-corrected chi connectivity index (χ3v) is 5.70. The molecule has 0 bridgehead atoms. The summed E-state index contributed by atoms with van der Waals surface area (Å²) < 4.78 is 20.6. The Morgan fingerprint density at radius 3 is 2.71 bits per heavy atom. The molecule has 0 spiro atoms. The van der Waals surface area contributed by atoms with Crippen molar-refractivity contribution in [2.24, 2.45) is 5.92 Å². The van der Waals surface area contributed by atoms with Crippen LogP contribution in [-0.4, -0.2) is 36.6 Å². The zero-order valence-electron chi connectivity index (χ0n) is 17.5. The lowest BCUT2D eigenvalue weighted by Gasteiger charge is -2.24. The minimum atomic E-state index is -0.318. The summed E-state index contributed by atoms with van der Waals surface area (Å²) in [4.78, 5) is 25.1. The van der Waals surface area contributed by atoms with E-state index >= 15 is 0 Å². The van der Waals surface area contributed by atoms with Crippen LogP contribution in [0.5, 0.6) is 0 Å². The van der Waals surface area contributed by atoms with Crippen molar-refractivity contribution in [3.8, 4) is 0 Å². The second-order valence-electron chi connectivity index (χ2n) is 7.89. The Morgan fingerprint density at radius 2 is 2.00 bits per heavy atom. The number of ether oxygens (including phenoxy) is 1. The van der Waals surface area contributed by atoms with Crippen molar-refractivity contribution in [2.45, 2.75) is 25.8 Å². The SMILES string of the molecule is COCCNC(=O)c1cc2cc(NC(=O)C3CCC3)ccc2n1Cc1cccc(F)c1. The summed E-state index contributed by atoms with van der Waals surface area (Å²) in [5.74, 6) is -0.413. The minimum absolute atomic E-state index is 0.0438. The Hall–Kier alpha value is -3.19. The van der Waals surface area contributed by atoms with Crippen molar-refractivity contribution in [3.63, 3.8) is 0 Å². The molecule has 2 aromatic carbocycles. The van der Waals surface area contributed by atoms with Gasteiger partial charge in [0.25, 0.3) is 5.91 Å². The number of methoxy groups -OCH3 is 1. The van der Waals surface area contributed by atoms with Crippen molar-refractivity contribution < 1.29 is 18.7 Å². The van der Waals surface area contributed by atoms with Gasteiger partial charge in [0.15, 0.2) is 0 Å². The monoisotopic (exact) mass is 423 g/mol. The van der Waals surface area contributed by atoms with Crippen LogP contribution in [0.1, 0.15) is 35.3 Å². The third kappa shape index (κ3) is 4.77. The number of amides is 2. The lowest BCUT2D eigenvalue weighted by molar-refractivity contribution is -0.122. The van der Waals surface area contributed by atoms with Crippen LogP contribution in [0.4, 0.5) is 10.1 Å². The highest BCUT2D eigenvalue weighted by atomic mass is 19.1. The van der Waals surface area contributed by atoms with Gasteiger partial charge in [-0.1, -0.05) is 18.6 Å². The largest absolute Gasteiger partial charge is 0.383 e. The molecule has 0 unspecified atom stereocenters. The number of hydrogen-bond donors (Lipinski definition) is 2. The molecule has 3 aromatic rings. The van der Waals surface area contributed by atoms with E-state index in [0.717, 1.165) is 35.7 Å². The maximum absolute atomic E-state index is 13.7. The van der Waals surface area contributed by atoms with Gasteiger partial charge in [0, 0.05) is 42.7 Å². The fourth-order valence-electron chi connectivity index (χ4n) is 3.80. The first-order valence-corrected chi connectivity index (χ1v) is 10.5. The topological polar surface area (TPSA) is 72.4 Å². The molecular weight excluding hydrogens is 397 g/mol. The van der Waals surface area contributed by atoms with Gasteiger partial charge in [-0.25, -0.2) is 4.39 Å². The number of anilines is 1. The number of nitrogens with zero attached hydrogens (tertiary/aromatic N) is 1. The van der Waals surface area contributed by atoms with E-state index in [1.165, 1.54) is 12.1 Å². The highest BCUT2D eigenvalue weighted by Gasteiger charge is 2.25. The molecule has 1 aromatic heterocycles. The number of carbonyl (C=O) groups is 2. The summed E-state index contributed by atoms with van der Waals surface area (Å²) in [6, 6.07) is 13.7. The van der Waals surface area contributed by atoms with Gasteiger partial charge in [-0.15, -0.1) is 0 Å². The van der Waals surface area contributed by atoms with Crippen molar-refractivity contribution in [1.82, 2.24) is 9.88 Å². The molecular formula is C24H26FN3O3. The fourth-order valence-corrected chi connectivity index (χ4v) is 3.80. The van der Waals surface area contributed by atoms with Gasteiger partial charge in [-0.3, -0.25) is 9.59 Å². The van der Waals surface area contributed by atoms with E-state index in [1.807, 2.05) is 28.8 Å². The van der Waals surface area contributed by atoms with E-state index in [9.17, 15) is 14.0 Å². The summed E-state index contributed by atoms with van der Waals surface area (Å²) in [6.45, 7) is 1.15. The number of carbonyl (C=O) groups excluding carboxylic acids is 2. The first kappa shape index (κ1) is 21.1. The van der Waals surface area contributed by atoms with Crippen LogP contribution in [0.2, 0.25) is 0 Å². The Kier molecular flexibility index (Phi) is 6.32. The van der Waals surface area contributed by atoms with E-state index in [-0.39, 0.29) is 23.5 Å². The Morgan fingerprint density at radius 1 is 1.16 bits per heavy atom. The molecule has 162 valence electrons. The maximum atomic E-state index is 13.7. The average Bonchev–Trinajstić information content (AvgIpc) is 3.04. The normalized spacial score (nSPS) is 13.7. The zero-order valence-corrected chi connectivity index (χ0v) is 17.5. The third-order valence-electron chi connectivity index (χ3n) is 5.70. The Balaban J connectivity index is 1.66. The van der Waals surface area contributed by atoms with Crippen molar-refractivity contribution in [3.05, 3.63) is 65.6 Å². The summed E-state index contributed by atoms with van der Waals surface area (Å²) in [5.41, 5.74) is 2.77. The number of benzene rings is 2. The lowest BCUT2D eigenvalue weighted by atomic mass is 9.85. The molecule has 1 fully saturated rings. The predicted octanol–water partition coefficient (Wildman–Crippen LogP) is 3.94. The second-order valence-corrected chi connectivity index (χ2v) is 7.89. The minimum Gasteiger partial charge on any atom is -0.383 e. The molecule has 2 amide bonds. The van der Waals surface area contributed by atoms with E-state index in [2.05, 4.69) is 10.6 Å². The quantitative estimate of drug-likeness (QED) is 0.539. The second kappa shape index (κ2) is 9.31. The number of aromatic nitrogens is 1. The smallest absolute Gasteiger partial charge is 0.268 e. The van der Waals surface area contributed by atoms with Crippen molar-refractivity contribution in [1.29, 1.82) is 0 Å². The number of fused-ring (bicyclic) bond motifs is 1. The molecule has 31 heavy (non-hydrogen) atoms. The van der Waals surface area contributed by atoms with E-state index in [1.54, 1.807) is 19.2 Å². The van der Waals surface area contributed by atoms with Crippen LogP contribution in [0.15, 0.2) is 48.5 Å². The molecule has 0 atom stereocenters. The van der Waals surface area contributed by atoms with Crippen LogP contribution >= 0.6 is 0 Å². The summed E-state index contributed by atoms with van der Waals surface area (Å²) in [5, 5.41) is 6.66. The van der Waals surface area contributed by atoms with Gasteiger partial charge in [-0.2, -0.15) is 0 Å². The standard InChI is InChI=1S/C24H26FN3O3/c1-31-11-10-26-24(30)22-14-18-13-20(27-23(29)17-5-3-6-17)8-9-21(18)28(22)15-16-4-2-7-19(25)12-16/h2,4,7-9,12-14,17H,3,5-6,10-11,15H2,1H3,(H,26,30)(H,27,29). The van der Waals surface area contributed by atoms with Crippen LogP contribution in [0.3, 0.4) is 0 Å². The molecule has 1 heterocycles. The number of hydrogen-bond acceptors (Lipinski definition) is 3. The number of halogens is 1. The zero-order chi connectivity index (χ0) is 21.8. The van der Waals surface area contributed by atoms with Crippen LogP contribution in [0, 0.1) is 11.7 Å². The van der Waals surface area contributed by atoms with Gasteiger partial charge in [0.1, 0.15) is 11.5 Å². The molecule has 1 saturated carbocycles. The van der Waals surface area contributed by atoms with Crippen LogP contribution in [0.25, 0.3) is 10.9 Å². The summed E-state index contributed by atoms with van der Waals surface area (Å²) >= 11 is 0. The Labute approximate surface area is 180 Å². The first-order chi connectivity index (χ1) is 15.0. The molecule has 1 aliphatic carbocycles. The van der Waals surface area contributed by atoms with Crippen LogP contribution in [-0.2, 0) is 16.1 Å². The first-order valence-electron chi connectivity index (χ1n) is 10.5. The molecule has 1 aliphatic rings. The summed E-state index contributed by atoms with van der Waals surface area (Å²) in [7, 11) is 1.58. The average molecular weight is 423 g/mol. The highest BCUT2D eigenvalue weighted by Crippen LogP contribution is 2.29.